The second kappa shape index (κ2) is 4.28. The Morgan fingerprint density at radius 2 is 1.94 bits per heavy atom. The molecule has 0 aliphatic heterocycles. The maximum absolute atomic E-state index is 12.3. The van der Waals surface area contributed by atoms with Gasteiger partial charge in [-0.3, -0.25) is 9.36 Å². The van der Waals surface area contributed by atoms with Gasteiger partial charge in [0.25, 0.3) is 5.56 Å². The molecule has 0 bridgehead atoms. The highest BCUT2D eigenvalue weighted by molar-refractivity contribution is 6.34. The van der Waals surface area contributed by atoms with E-state index in [1.54, 1.807) is 18.2 Å². The molecular formula is C13H15ClN2O2. The summed E-state index contributed by atoms with van der Waals surface area (Å²) in [4.78, 5) is 26.9. The SMILES string of the molecule is CC(C)(C)Cn1c(=O)[nH]c2c(Cl)cccc2c1=O. The molecule has 5 heteroatoms. The van der Waals surface area contributed by atoms with Crippen LogP contribution in [0.15, 0.2) is 27.8 Å². The van der Waals surface area contributed by atoms with Crippen LogP contribution >= 0.6 is 11.6 Å². The summed E-state index contributed by atoms with van der Waals surface area (Å²) in [6.07, 6.45) is 0. The first kappa shape index (κ1) is 12.9. The molecule has 0 saturated heterocycles. The number of hydrogen-bond donors (Lipinski definition) is 1. The Morgan fingerprint density at radius 1 is 1.28 bits per heavy atom. The fourth-order valence-electron chi connectivity index (χ4n) is 1.86. The Labute approximate surface area is 109 Å². The van der Waals surface area contributed by atoms with Crippen molar-refractivity contribution in [2.45, 2.75) is 27.3 Å². The largest absolute Gasteiger partial charge is 0.328 e. The zero-order valence-corrected chi connectivity index (χ0v) is 11.3. The Bertz CT molecular complexity index is 707. The van der Waals surface area contributed by atoms with Crippen LogP contribution < -0.4 is 11.2 Å². The van der Waals surface area contributed by atoms with Crippen molar-refractivity contribution in [1.29, 1.82) is 0 Å². The number of aromatic amines is 1. The van der Waals surface area contributed by atoms with E-state index in [9.17, 15) is 9.59 Å². The first-order chi connectivity index (χ1) is 8.29. The van der Waals surface area contributed by atoms with Crippen molar-refractivity contribution < 1.29 is 0 Å². The van der Waals surface area contributed by atoms with Gasteiger partial charge in [0.1, 0.15) is 0 Å². The average Bonchev–Trinajstić information content (AvgIpc) is 2.25. The van der Waals surface area contributed by atoms with Gasteiger partial charge in [0, 0.05) is 6.54 Å². The highest BCUT2D eigenvalue weighted by Crippen LogP contribution is 2.18. The molecule has 1 N–H and O–H groups in total. The lowest BCUT2D eigenvalue weighted by Gasteiger charge is -2.19. The minimum Gasteiger partial charge on any atom is -0.305 e. The Hall–Kier alpha value is -1.55. The molecule has 18 heavy (non-hydrogen) atoms. The van der Waals surface area contributed by atoms with Gasteiger partial charge in [-0.25, -0.2) is 4.79 Å². The Kier molecular flexibility index (Phi) is 3.07. The Morgan fingerprint density at radius 3 is 2.56 bits per heavy atom. The molecule has 0 spiro atoms. The minimum absolute atomic E-state index is 0.150. The molecule has 0 radical (unpaired) electrons. The number of fused-ring (bicyclic) bond motifs is 1. The van der Waals surface area contributed by atoms with Crippen LogP contribution in [-0.2, 0) is 6.54 Å². The van der Waals surface area contributed by atoms with Crippen LogP contribution in [0.25, 0.3) is 10.9 Å². The predicted octanol–water partition coefficient (Wildman–Crippen LogP) is 2.39. The first-order valence-corrected chi connectivity index (χ1v) is 6.09. The molecule has 1 aromatic carbocycles. The van der Waals surface area contributed by atoms with E-state index in [2.05, 4.69) is 4.98 Å². The van der Waals surface area contributed by atoms with Gasteiger partial charge in [0.15, 0.2) is 0 Å². The van der Waals surface area contributed by atoms with Gasteiger partial charge in [0.2, 0.25) is 0 Å². The van der Waals surface area contributed by atoms with E-state index in [1.165, 1.54) is 4.57 Å². The molecule has 0 unspecified atom stereocenters. The van der Waals surface area contributed by atoms with Crippen LogP contribution in [0.4, 0.5) is 0 Å². The second-order valence-corrected chi connectivity index (χ2v) is 5.95. The van der Waals surface area contributed by atoms with E-state index in [-0.39, 0.29) is 11.0 Å². The van der Waals surface area contributed by atoms with E-state index in [0.29, 0.717) is 22.5 Å². The summed E-state index contributed by atoms with van der Waals surface area (Å²) in [7, 11) is 0. The number of benzene rings is 1. The normalized spacial score (nSPS) is 12.0. The zero-order chi connectivity index (χ0) is 13.5. The minimum atomic E-state index is -0.421. The number of nitrogens with zero attached hydrogens (tertiary/aromatic N) is 1. The van der Waals surface area contributed by atoms with Gasteiger partial charge in [0.05, 0.1) is 15.9 Å². The predicted molar refractivity (Wildman–Crippen MR) is 73.3 cm³/mol. The van der Waals surface area contributed by atoms with Crippen molar-refractivity contribution >= 4 is 22.5 Å². The maximum Gasteiger partial charge on any atom is 0.328 e. The first-order valence-electron chi connectivity index (χ1n) is 5.71. The number of hydrogen-bond acceptors (Lipinski definition) is 2. The number of para-hydroxylation sites is 1. The molecule has 0 atom stereocenters. The molecule has 96 valence electrons. The van der Waals surface area contributed by atoms with Crippen LogP contribution in [0.2, 0.25) is 5.02 Å². The third kappa shape index (κ3) is 2.34. The molecule has 4 nitrogen and oxygen atoms in total. The fourth-order valence-corrected chi connectivity index (χ4v) is 2.08. The number of aromatic nitrogens is 2. The van der Waals surface area contributed by atoms with Crippen LogP contribution in [0.5, 0.6) is 0 Å². The van der Waals surface area contributed by atoms with Crippen molar-refractivity contribution in [3.05, 3.63) is 44.1 Å². The third-order valence-corrected chi connectivity index (χ3v) is 2.91. The van der Waals surface area contributed by atoms with Crippen molar-refractivity contribution in [3.63, 3.8) is 0 Å². The molecule has 0 saturated carbocycles. The van der Waals surface area contributed by atoms with E-state index in [4.69, 9.17) is 11.6 Å². The highest BCUT2D eigenvalue weighted by Gasteiger charge is 2.16. The van der Waals surface area contributed by atoms with Gasteiger partial charge >= 0.3 is 5.69 Å². The monoisotopic (exact) mass is 266 g/mol. The standard InChI is InChI=1S/C13H15ClN2O2/c1-13(2,3)7-16-11(17)8-5-4-6-9(14)10(8)15-12(16)18/h4-6H,7H2,1-3H3,(H,15,18). The number of rotatable bonds is 1. The van der Waals surface area contributed by atoms with Crippen molar-refractivity contribution in [2.75, 3.05) is 0 Å². The lowest BCUT2D eigenvalue weighted by molar-refractivity contribution is 0.332. The molecule has 0 aliphatic carbocycles. The molecule has 1 aromatic heterocycles. The highest BCUT2D eigenvalue weighted by atomic mass is 35.5. The molecular weight excluding hydrogens is 252 g/mol. The molecule has 1 heterocycles. The molecule has 0 fully saturated rings. The summed E-state index contributed by atoms with van der Waals surface area (Å²) in [6.45, 7) is 6.28. The van der Waals surface area contributed by atoms with Crippen LogP contribution in [0, 0.1) is 5.41 Å². The van der Waals surface area contributed by atoms with Crippen molar-refractivity contribution in [1.82, 2.24) is 9.55 Å². The summed E-state index contributed by atoms with van der Waals surface area (Å²) in [5.41, 5.74) is -0.468. The maximum atomic E-state index is 12.3. The lowest BCUT2D eigenvalue weighted by atomic mass is 9.97. The van der Waals surface area contributed by atoms with Crippen molar-refractivity contribution in [3.8, 4) is 0 Å². The summed E-state index contributed by atoms with van der Waals surface area (Å²) in [5, 5.41) is 0.816. The van der Waals surface area contributed by atoms with Crippen LogP contribution in [0.3, 0.4) is 0 Å². The zero-order valence-electron chi connectivity index (χ0n) is 10.6. The van der Waals surface area contributed by atoms with E-state index >= 15 is 0 Å². The summed E-state index contributed by atoms with van der Waals surface area (Å²) >= 11 is 5.97. The lowest BCUT2D eigenvalue weighted by Crippen LogP contribution is -2.38. The summed E-state index contributed by atoms with van der Waals surface area (Å²) in [5.74, 6) is 0. The van der Waals surface area contributed by atoms with Crippen molar-refractivity contribution in [2.24, 2.45) is 5.41 Å². The average molecular weight is 267 g/mol. The molecule has 2 rings (SSSR count). The summed E-state index contributed by atoms with van der Waals surface area (Å²) < 4.78 is 1.22. The number of H-pyrrole nitrogens is 1. The smallest absolute Gasteiger partial charge is 0.305 e. The van der Waals surface area contributed by atoms with Gasteiger partial charge < -0.3 is 4.98 Å². The topological polar surface area (TPSA) is 54.9 Å². The van der Waals surface area contributed by atoms with Gasteiger partial charge in [-0.1, -0.05) is 38.4 Å². The molecule has 0 amide bonds. The Balaban J connectivity index is 2.79. The number of halogens is 1. The quantitative estimate of drug-likeness (QED) is 0.862. The second-order valence-electron chi connectivity index (χ2n) is 5.54. The molecule has 2 aromatic rings. The van der Waals surface area contributed by atoms with Gasteiger partial charge in [-0.2, -0.15) is 0 Å². The van der Waals surface area contributed by atoms with E-state index in [1.807, 2.05) is 20.8 Å². The van der Waals surface area contributed by atoms with Crippen LogP contribution in [-0.4, -0.2) is 9.55 Å². The molecule has 0 aliphatic rings. The third-order valence-electron chi connectivity index (χ3n) is 2.60. The van der Waals surface area contributed by atoms with E-state index in [0.717, 1.165) is 0 Å². The fraction of sp³-hybridized carbons (Fsp3) is 0.385. The number of nitrogens with one attached hydrogen (secondary N) is 1. The van der Waals surface area contributed by atoms with E-state index < -0.39 is 5.69 Å². The van der Waals surface area contributed by atoms with Gasteiger partial charge in [-0.05, 0) is 17.5 Å². The van der Waals surface area contributed by atoms with Gasteiger partial charge in [-0.15, -0.1) is 0 Å². The van der Waals surface area contributed by atoms with Crippen LogP contribution in [0.1, 0.15) is 20.8 Å². The summed E-state index contributed by atoms with van der Waals surface area (Å²) in [6, 6.07) is 5.01.